The molecule has 2 amide bonds. The van der Waals surface area contributed by atoms with Crippen molar-refractivity contribution in [2.45, 2.75) is 33.2 Å². The van der Waals surface area contributed by atoms with Crippen LogP contribution in [0.2, 0.25) is 0 Å². The molecule has 0 fully saturated rings. The van der Waals surface area contributed by atoms with E-state index in [-0.39, 0.29) is 32.2 Å². The molecule has 0 saturated heterocycles. The van der Waals surface area contributed by atoms with E-state index in [2.05, 4.69) is 10.1 Å². The van der Waals surface area contributed by atoms with Gasteiger partial charge in [0.05, 0.1) is 13.0 Å². The van der Waals surface area contributed by atoms with Gasteiger partial charge >= 0.3 is 18.0 Å². The van der Waals surface area contributed by atoms with Crippen molar-refractivity contribution in [1.82, 2.24) is 10.2 Å². The van der Waals surface area contributed by atoms with Crippen LogP contribution in [0, 0.1) is 0 Å². The summed E-state index contributed by atoms with van der Waals surface area (Å²) in [5.41, 5.74) is 0. The lowest BCUT2D eigenvalue weighted by atomic mass is 10.3. The fourth-order valence-corrected chi connectivity index (χ4v) is 1.27. The maximum absolute atomic E-state index is 11.7. The first-order valence-electron chi connectivity index (χ1n) is 5.80. The molecule has 104 valence electrons. The van der Waals surface area contributed by atoms with Crippen LogP contribution < -0.4 is 5.32 Å². The molecule has 0 heterocycles. The van der Waals surface area contributed by atoms with E-state index in [0.717, 1.165) is 0 Å². The van der Waals surface area contributed by atoms with Gasteiger partial charge in [0.2, 0.25) is 0 Å². The lowest BCUT2D eigenvalue weighted by molar-refractivity contribution is -0.142. The zero-order chi connectivity index (χ0) is 14.1. The molecule has 0 aliphatic carbocycles. The average molecular weight is 260 g/mol. The fourth-order valence-electron chi connectivity index (χ4n) is 1.27. The van der Waals surface area contributed by atoms with Crippen molar-refractivity contribution in [3.05, 3.63) is 0 Å². The number of nitrogens with one attached hydrogen (secondary N) is 1. The Kier molecular flexibility index (Phi) is 7.50. The van der Waals surface area contributed by atoms with Crippen LogP contribution in [-0.4, -0.2) is 53.7 Å². The molecule has 0 rings (SSSR count). The summed E-state index contributed by atoms with van der Waals surface area (Å²) in [4.78, 5) is 34.6. The molecular weight excluding hydrogens is 240 g/mol. The molecule has 0 aromatic rings. The third kappa shape index (κ3) is 6.72. The van der Waals surface area contributed by atoms with Crippen molar-refractivity contribution in [1.29, 1.82) is 0 Å². The number of urea groups is 1. The highest BCUT2D eigenvalue weighted by atomic mass is 16.5. The molecule has 2 N–H and O–H groups in total. The Hall–Kier alpha value is -1.79. The minimum Gasteiger partial charge on any atom is -0.481 e. The summed E-state index contributed by atoms with van der Waals surface area (Å²) in [5.74, 6) is -1.49. The van der Waals surface area contributed by atoms with Crippen molar-refractivity contribution in [3.63, 3.8) is 0 Å². The lowest BCUT2D eigenvalue weighted by Gasteiger charge is -2.26. The standard InChI is InChI=1S/C11H20N2O5/c1-4-18-10(16)7-12-11(17)13(8(2)3)6-5-9(14)15/h8H,4-7H2,1-3H3,(H,12,17)(H,14,15). The molecule has 7 heteroatoms. The molecule has 0 saturated carbocycles. The van der Waals surface area contributed by atoms with Crippen LogP contribution in [0.4, 0.5) is 4.79 Å². The van der Waals surface area contributed by atoms with E-state index in [0.29, 0.717) is 0 Å². The van der Waals surface area contributed by atoms with Gasteiger partial charge in [0.15, 0.2) is 0 Å². The van der Waals surface area contributed by atoms with Crippen LogP contribution in [-0.2, 0) is 14.3 Å². The van der Waals surface area contributed by atoms with E-state index in [9.17, 15) is 14.4 Å². The number of ether oxygens (including phenoxy) is 1. The predicted molar refractivity (Wildman–Crippen MR) is 64.1 cm³/mol. The summed E-state index contributed by atoms with van der Waals surface area (Å²) in [7, 11) is 0. The first-order chi connectivity index (χ1) is 8.38. The van der Waals surface area contributed by atoms with Gasteiger partial charge in [-0.25, -0.2) is 4.79 Å². The van der Waals surface area contributed by atoms with Gasteiger partial charge in [-0.05, 0) is 20.8 Å². The van der Waals surface area contributed by atoms with Crippen molar-refractivity contribution in [2.75, 3.05) is 19.7 Å². The predicted octanol–water partition coefficient (Wildman–Crippen LogP) is 0.444. The fraction of sp³-hybridized carbons (Fsp3) is 0.727. The number of hydrogen-bond acceptors (Lipinski definition) is 4. The van der Waals surface area contributed by atoms with E-state index in [1.54, 1.807) is 20.8 Å². The van der Waals surface area contributed by atoms with Crippen molar-refractivity contribution in [3.8, 4) is 0 Å². The topological polar surface area (TPSA) is 95.9 Å². The van der Waals surface area contributed by atoms with Crippen LogP contribution >= 0.6 is 0 Å². The van der Waals surface area contributed by atoms with E-state index < -0.39 is 18.0 Å². The van der Waals surface area contributed by atoms with E-state index in [4.69, 9.17) is 5.11 Å². The highest BCUT2D eigenvalue weighted by Crippen LogP contribution is 2.00. The maximum Gasteiger partial charge on any atom is 0.325 e. The van der Waals surface area contributed by atoms with Crippen molar-refractivity contribution in [2.24, 2.45) is 0 Å². The highest BCUT2D eigenvalue weighted by Gasteiger charge is 2.18. The SMILES string of the molecule is CCOC(=O)CNC(=O)N(CCC(=O)O)C(C)C. The molecule has 0 radical (unpaired) electrons. The Morgan fingerprint density at radius 3 is 2.39 bits per heavy atom. The van der Waals surface area contributed by atoms with Gasteiger partial charge in [0.25, 0.3) is 0 Å². The number of nitrogens with zero attached hydrogens (tertiary/aromatic N) is 1. The van der Waals surface area contributed by atoms with E-state index in [1.807, 2.05) is 0 Å². The second kappa shape index (κ2) is 8.32. The third-order valence-electron chi connectivity index (χ3n) is 2.14. The van der Waals surface area contributed by atoms with Gasteiger partial charge in [-0.3, -0.25) is 9.59 Å². The zero-order valence-corrected chi connectivity index (χ0v) is 10.9. The number of carboxylic acid groups (broad SMARTS) is 1. The first-order valence-corrected chi connectivity index (χ1v) is 5.80. The molecule has 0 aromatic heterocycles. The second-order valence-electron chi connectivity index (χ2n) is 3.89. The summed E-state index contributed by atoms with van der Waals surface area (Å²) in [6, 6.07) is -0.620. The van der Waals surface area contributed by atoms with Crippen LogP contribution in [0.3, 0.4) is 0 Å². The number of hydrogen-bond donors (Lipinski definition) is 2. The summed E-state index contributed by atoms with van der Waals surface area (Å²) in [6.07, 6.45) is -0.134. The van der Waals surface area contributed by atoms with Crippen molar-refractivity contribution >= 4 is 18.0 Å². The molecule has 7 nitrogen and oxygen atoms in total. The molecule has 0 bridgehead atoms. The van der Waals surface area contributed by atoms with Crippen LogP contribution in [0.25, 0.3) is 0 Å². The average Bonchev–Trinajstić information content (AvgIpc) is 2.26. The number of aliphatic carboxylic acids is 1. The summed E-state index contributed by atoms with van der Waals surface area (Å²) in [6.45, 7) is 5.34. The Morgan fingerprint density at radius 1 is 1.33 bits per heavy atom. The molecule has 0 spiro atoms. The van der Waals surface area contributed by atoms with Gasteiger partial charge in [0.1, 0.15) is 6.54 Å². The molecule has 0 aliphatic heterocycles. The van der Waals surface area contributed by atoms with Crippen LogP contribution in [0.1, 0.15) is 27.2 Å². The second-order valence-corrected chi connectivity index (χ2v) is 3.89. The molecule has 0 aliphatic rings. The van der Waals surface area contributed by atoms with Crippen molar-refractivity contribution < 1.29 is 24.2 Å². The maximum atomic E-state index is 11.7. The summed E-state index contributed by atoms with van der Waals surface area (Å²) < 4.78 is 4.66. The minimum atomic E-state index is -0.973. The Balaban J connectivity index is 4.22. The van der Waals surface area contributed by atoms with Gasteiger partial charge in [0, 0.05) is 12.6 Å². The van der Waals surface area contributed by atoms with Gasteiger partial charge in [-0.15, -0.1) is 0 Å². The largest absolute Gasteiger partial charge is 0.481 e. The van der Waals surface area contributed by atoms with Gasteiger partial charge < -0.3 is 20.1 Å². The minimum absolute atomic E-state index is 0.0989. The third-order valence-corrected chi connectivity index (χ3v) is 2.14. The monoisotopic (exact) mass is 260 g/mol. The zero-order valence-electron chi connectivity index (χ0n) is 10.9. The van der Waals surface area contributed by atoms with E-state index >= 15 is 0 Å². The van der Waals surface area contributed by atoms with Crippen LogP contribution in [0.15, 0.2) is 0 Å². The quantitative estimate of drug-likeness (QED) is 0.648. The molecular formula is C11H20N2O5. The molecule has 0 aromatic carbocycles. The highest BCUT2D eigenvalue weighted by molar-refractivity contribution is 5.81. The molecule has 18 heavy (non-hydrogen) atoms. The normalized spacial score (nSPS) is 10.0. The Bertz CT molecular complexity index is 304. The Morgan fingerprint density at radius 2 is 1.94 bits per heavy atom. The number of rotatable bonds is 7. The number of amides is 2. The molecule has 0 unspecified atom stereocenters. The number of carbonyl (C=O) groups is 3. The Labute approximate surface area is 106 Å². The van der Waals surface area contributed by atoms with Crippen LogP contribution in [0.5, 0.6) is 0 Å². The van der Waals surface area contributed by atoms with E-state index in [1.165, 1.54) is 4.90 Å². The summed E-state index contributed by atoms with van der Waals surface area (Å²) >= 11 is 0. The smallest absolute Gasteiger partial charge is 0.325 e. The van der Waals surface area contributed by atoms with Gasteiger partial charge in [-0.1, -0.05) is 0 Å². The van der Waals surface area contributed by atoms with Gasteiger partial charge in [-0.2, -0.15) is 0 Å². The molecule has 0 atom stereocenters. The number of carboxylic acids is 1. The number of esters is 1. The summed E-state index contributed by atoms with van der Waals surface area (Å²) in [5, 5.41) is 11.0. The first kappa shape index (κ1) is 16.2. The lowest BCUT2D eigenvalue weighted by Crippen LogP contribution is -2.46. The number of carbonyl (C=O) groups excluding carboxylic acids is 2.